The molecule has 1 amide bonds. The Morgan fingerprint density at radius 1 is 1.00 bits per heavy atom. The summed E-state index contributed by atoms with van der Waals surface area (Å²) < 4.78 is 46.2. The summed E-state index contributed by atoms with van der Waals surface area (Å²) in [7, 11) is 1.72. The van der Waals surface area contributed by atoms with E-state index >= 15 is 0 Å². The predicted octanol–water partition coefficient (Wildman–Crippen LogP) is 6.64. The van der Waals surface area contributed by atoms with Crippen molar-refractivity contribution in [2.75, 3.05) is 16.0 Å². The Morgan fingerprint density at radius 2 is 1.68 bits per heavy atom. The summed E-state index contributed by atoms with van der Waals surface area (Å²) in [5, 5.41) is 24.1. The van der Waals surface area contributed by atoms with Gasteiger partial charge in [0.25, 0.3) is 5.69 Å². The van der Waals surface area contributed by atoms with Crippen molar-refractivity contribution >= 4 is 40.6 Å². The van der Waals surface area contributed by atoms with Gasteiger partial charge in [-0.1, -0.05) is 12.1 Å². The molecule has 214 valence electrons. The van der Waals surface area contributed by atoms with Crippen LogP contribution in [0.15, 0.2) is 61.1 Å². The molecular weight excluding hydrogens is 545 g/mol. The summed E-state index contributed by atoms with van der Waals surface area (Å²) in [6.45, 7) is 5.01. The van der Waals surface area contributed by atoms with Crippen molar-refractivity contribution in [3.8, 4) is 11.1 Å². The number of carbonyl (C=O) groups excluding carboxylic acids is 1. The van der Waals surface area contributed by atoms with Crippen LogP contribution in [-0.2, 0) is 18.0 Å². The second-order valence-electron chi connectivity index (χ2n) is 9.84. The van der Waals surface area contributed by atoms with Gasteiger partial charge in [-0.05, 0) is 44.5 Å². The lowest BCUT2D eigenvalue weighted by atomic mass is 10.1. The number of nitro groups is 1. The van der Waals surface area contributed by atoms with Crippen LogP contribution in [0.5, 0.6) is 0 Å². The Hall–Kier alpha value is -5.21. The van der Waals surface area contributed by atoms with Gasteiger partial charge in [-0.15, -0.1) is 0 Å². The molecule has 0 saturated carbocycles. The number of amides is 1. The number of halogens is 3. The van der Waals surface area contributed by atoms with E-state index < -0.39 is 28.4 Å². The average Bonchev–Trinajstić information content (AvgIpc) is 3.26. The molecule has 15 heteroatoms. The lowest BCUT2D eigenvalue weighted by molar-refractivity contribution is -0.384. The molecule has 0 aliphatic carbocycles. The highest BCUT2D eigenvalue weighted by molar-refractivity contribution is 5.87. The second-order valence-corrected chi connectivity index (χ2v) is 9.84. The van der Waals surface area contributed by atoms with Crippen LogP contribution in [0.4, 0.5) is 52.5 Å². The van der Waals surface area contributed by atoms with Crippen LogP contribution in [0.1, 0.15) is 26.3 Å². The van der Waals surface area contributed by atoms with Crippen LogP contribution < -0.4 is 16.0 Å². The van der Waals surface area contributed by atoms with Crippen molar-refractivity contribution in [3.05, 3.63) is 76.7 Å². The fraction of sp³-hybridized carbons (Fsp3) is 0.231. The smallest absolute Gasteiger partial charge is 0.416 e. The SMILES string of the molecule is Cn1cc(Nc2ncc(-c3ccc(C(F)(F)F)cc3)c(Nc3cc(NC(=O)OC(C)(C)C)cc([N+](=O)[O-])c3)n2)cn1. The number of nitrogens with one attached hydrogen (secondary N) is 3. The Kier molecular flexibility index (Phi) is 7.80. The molecule has 4 aromatic rings. The third-order valence-corrected chi connectivity index (χ3v) is 5.31. The Morgan fingerprint density at radius 3 is 2.27 bits per heavy atom. The van der Waals surface area contributed by atoms with Gasteiger partial charge < -0.3 is 15.4 Å². The Labute approximate surface area is 231 Å². The lowest BCUT2D eigenvalue weighted by Crippen LogP contribution is -2.27. The molecular formula is C26H25F3N8O4. The molecule has 0 fully saturated rings. The van der Waals surface area contributed by atoms with Gasteiger partial charge in [-0.2, -0.15) is 23.3 Å². The number of hydrogen-bond donors (Lipinski definition) is 3. The Balaban J connectivity index is 1.74. The minimum atomic E-state index is -4.52. The molecule has 3 N–H and O–H groups in total. The first-order chi connectivity index (χ1) is 19.2. The second kappa shape index (κ2) is 11.1. The molecule has 0 radical (unpaired) electrons. The summed E-state index contributed by atoms with van der Waals surface area (Å²) in [4.78, 5) is 32.0. The third-order valence-electron chi connectivity index (χ3n) is 5.31. The molecule has 0 atom stereocenters. The summed E-state index contributed by atoms with van der Waals surface area (Å²) in [6.07, 6.45) is -0.730. The highest BCUT2D eigenvalue weighted by Gasteiger charge is 2.30. The highest BCUT2D eigenvalue weighted by atomic mass is 19.4. The van der Waals surface area contributed by atoms with Gasteiger partial charge in [0, 0.05) is 42.8 Å². The van der Waals surface area contributed by atoms with Gasteiger partial charge in [0.05, 0.1) is 28.1 Å². The normalized spacial score (nSPS) is 11.6. The maximum atomic E-state index is 13.1. The summed E-state index contributed by atoms with van der Waals surface area (Å²) in [5.74, 6) is 0.239. The van der Waals surface area contributed by atoms with Gasteiger partial charge in [0.15, 0.2) is 0 Å². The standard InChI is InChI=1S/C26H25F3N8O4/c1-25(2,3)41-24(38)34-18-9-17(10-20(11-18)37(39)40)32-22-21(15-5-7-16(8-6-15)26(27,28)29)13-30-23(35-22)33-19-12-31-36(4)14-19/h5-14H,1-4H3,(H,34,38)(H2,30,32,33,35). The van der Waals surface area contributed by atoms with Crippen LogP contribution in [0, 0.1) is 10.1 Å². The van der Waals surface area contributed by atoms with Gasteiger partial charge in [-0.3, -0.25) is 20.1 Å². The minimum Gasteiger partial charge on any atom is -0.444 e. The number of ether oxygens (including phenoxy) is 1. The molecule has 12 nitrogen and oxygen atoms in total. The molecule has 0 aliphatic rings. The fourth-order valence-corrected chi connectivity index (χ4v) is 3.62. The lowest BCUT2D eigenvalue weighted by Gasteiger charge is -2.20. The fourth-order valence-electron chi connectivity index (χ4n) is 3.62. The predicted molar refractivity (Wildman–Crippen MR) is 145 cm³/mol. The number of aryl methyl sites for hydroxylation is 1. The van der Waals surface area contributed by atoms with Gasteiger partial charge in [0.1, 0.15) is 11.4 Å². The quantitative estimate of drug-likeness (QED) is 0.164. The maximum absolute atomic E-state index is 13.1. The molecule has 2 heterocycles. The van der Waals surface area contributed by atoms with Crippen molar-refractivity contribution in [3.63, 3.8) is 0 Å². The number of anilines is 5. The first-order valence-electron chi connectivity index (χ1n) is 12.0. The van der Waals surface area contributed by atoms with Crippen LogP contribution in [0.25, 0.3) is 11.1 Å². The zero-order valence-corrected chi connectivity index (χ0v) is 22.3. The molecule has 0 unspecified atom stereocenters. The van der Waals surface area contributed by atoms with Gasteiger partial charge in [-0.25, -0.2) is 9.78 Å². The molecule has 41 heavy (non-hydrogen) atoms. The first kappa shape index (κ1) is 28.8. The number of nitro benzene ring substituents is 1. The van der Waals surface area contributed by atoms with Crippen molar-refractivity contribution in [2.24, 2.45) is 7.05 Å². The molecule has 0 saturated heterocycles. The van der Waals surface area contributed by atoms with E-state index in [-0.39, 0.29) is 28.8 Å². The van der Waals surface area contributed by atoms with Gasteiger partial charge in [0.2, 0.25) is 5.95 Å². The number of rotatable bonds is 7. The van der Waals surface area contributed by atoms with E-state index in [2.05, 4.69) is 31.0 Å². The summed E-state index contributed by atoms with van der Waals surface area (Å²) >= 11 is 0. The van der Waals surface area contributed by atoms with E-state index in [0.717, 1.165) is 18.2 Å². The highest BCUT2D eigenvalue weighted by Crippen LogP contribution is 2.35. The monoisotopic (exact) mass is 570 g/mol. The van der Waals surface area contributed by atoms with E-state index in [4.69, 9.17) is 4.74 Å². The number of nitrogens with zero attached hydrogens (tertiary/aromatic N) is 5. The largest absolute Gasteiger partial charge is 0.444 e. The van der Waals surface area contributed by atoms with E-state index in [1.54, 1.807) is 38.7 Å². The zero-order valence-electron chi connectivity index (χ0n) is 22.3. The molecule has 2 aromatic carbocycles. The Bertz CT molecular complexity index is 1580. The molecule has 4 rings (SSSR count). The molecule has 0 aliphatic heterocycles. The van der Waals surface area contributed by atoms with Crippen molar-refractivity contribution < 1.29 is 27.6 Å². The minimum absolute atomic E-state index is 0.0646. The third kappa shape index (κ3) is 7.68. The zero-order chi connectivity index (χ0) is 29.9. The molecule has 0 spiro atoms. The number of carbonyl (C=O) groups is 1. The summed E-state index contributed by atoms with van der Waals surface area (Å²) in [5.41, 5.74) is -0.530. The number of hydrogen-bond acceptors (Lipinski definition) is 9. The van der Waals surface area contributed by atoms with Gasteiger partial charge >= 0.3 is 12.3 Å². The van der Waals surface area contributed by atoms with Crippen LogP contribution in [-0.4, -0.2) is 36.4 Å². The number of alkyl halides is 3. The number of benzene rings is 2. The van der Waals surface area contributed by atoms with Crippen LogP contribution in [0.2, 0.25) is 0 Å². The topological polar surface area (TPSA) is 149 Å². The van der Waals surface area contributed by atoms with E-state index in [1.807, 2.05) is 0 Å². The first-order valence-corrected chi connectivity index (χ1v) is 12.0. The van der Waals surface area contributed by atoms with E-state index in [9.17, 15) is 28.1 Å². The number of non-ortho nitro benzene ring substituents is 1. The average molecular weight is 571 g/mol. The summed E-state index contributed by atoms with van der Waals surface area (Å²) in [6, 6.07) is 8.18. The van der Waals surface area contributed by atoms with Crippen LogP contribution in [0.3, 0.4) is 0 Å². The molecule has 2 aromatic heterocycles. The maximum Gasteiger partial charge on any atom is 0.416 e. The van der Waals surface area contributed by atoms with E-state index in [1.165, 1.54) is 36.7 Å². The van der Waals surface area contributed by atoms with Crippen molar-refractivity contribution in [2.45, 2.75) is 32.5 Å². The number of aromatic nitrogens is 4. The van der Waals surface area contributed by atoms with Crippen molar-refractivity contribution in [1.29, 1.82) is 0 Å². The molecule has 0 bridgehead atoms. The van der Waals surface area contributed by atoms with Crippen molar-refractivity contribution in [1.82, 2.24) is 19.7 Å². The van der Waals surface area contributed by atoms with Crippen LogP contribution >= 0.6 is 0 Å². The van der Waals surface area contributed by atoms with E-state index in [0.29, 0.717) is 16.8 Å².